The summed E-state index contributed by atoms with van der Waals surface area (Å²) < 4.78 is 0. The maximum Gasteiger partial charge on any atom is 0.0681 e. The first-order valence-electron chi connectivity index (χ1n) is 3.86. The van der Waals surface area contributed by atoms with Gasteiger partial charge in [-0.25, -0.2) is 0 Å². The third-order valence-electron chi connectivity index (χ3n) is 1.10. The SMILES string of the molecule is CCCCSCC(C)(C)O. The van der Waals surface area contributed by atoms with Crippen molar-refractivity contribution in [2.24, 2.45) is 0 Å². The fraction of sp³-hybridized carbons (Fsp3) is 1.00. The molecular formula is C8H18OS. The second-order valence-corrected chi connectivity index (χ2v) is 4.32. The van der Waals surface area contributed by atoms with Crippen molar-refractivity contribution in [3.05, 3.63) is 0 Å². The maximum atomic E-state index is 9.30. The third kappa shape index (κ3) is 8.31. The lowest BCUT2D eigenvalue weighted by molar-refractivity contribution is 0.107. The van der Waals surface area contributed by atoms with Crippen molar-refractivity contribution in [2.45, 2.75) is 39.2 Å². The summed E-state index contributed by atoms with van der Waals surface area (Å²) in [5.74, 6) is 2.04. The van der Waals surface area contributed by atoms with Gasteiger partial charge in [0.2, 0.25) is 0 Å². The van der Waals surface area contributed by atoms with Crippen LogP contribution >= 0.6 is 11.8 Å². The Morgan fingerprint density at radius 2 is 2.00 bits per heavy atom. The minimum Gasteiger partial charge on any atom is -0.390 e. The first kappa shape index (κ1) is 10.3. The molecule has 1 N–H and O–H groups in total. The molecule has 0 saturated heterocycles. The third-order valence-corrected chi connectivity index (χ3v) is 2.59. The van der Waals surface area contributed by atoms with E-state index in [4.69, 9.17) is 0 Å². The average molecular weight is 162 g/mol. The highest BCUT2D eigenvalue weighted by molar-refractivity contribution is 7.99. The number of unbranched alkanes of at least 4 members (excludes halogenated alkanes) is 1. The van der Waals surface area contributed by atoms with Crippen LogP contribution in [0.15, 0.2) is 0 Å². The van der Waals surface area contributed by atoms with Crippen LogP contribution in [0.2, 0.25) is 0 Å². The van der Waals surface area contributed by atoms with Crippen LogP contribution in [0.5, 0.6) is 0 Å². The van der Waals surface area contributed by atoms with Gasteiger partial charge in [-0.1, -0.05) is 13.3 Å². The van der Waals surface area contributed by atoms with Crippen LogP contribution in [0, 0.1) is 0 Å². The minimum absolute atomic E-state index is 0.488. The molecule has 0 aromatic rings. The van der Waals surface area contributed by atoms with Crippen LogP contribution in [-0.4, -0.2) is 22.2 Å². The molecule has 0 rings (SSSR count). The fourth-order valence-electron chi connectivity index (χ4n) is 0.568. The van der Waals surface area contributed by atoms with Crippen molar-refractivity contribution in [1.29, 1.82) is 0 Å². The van der Waals surface area contributed by atoms with Crippen molar-refractivity contribution in [3.8, 4) is 0 Å². The highest BCUT2D eigenvalue weighted by Crippen LogP contribution is 2.13. The molecular weight excluding hydrogens is 144 g/mol. The number of thioether (sulfide) groups is 1. The van der Waals surface area contributed by atoms with Gasteiger partial charge in [0.05, 0.1) is 5.60 Å². The Labute approximate surface area is 68.2 Å². The second-order valence-electron chi connectivity index (χ2n) is 3.22. The van der Waals surface area contributed by atoms with Crippen LogP contribution in [0.1, 0.15) is 33.6 Å². The van der Waals surface area contributed by atoms with Gasteiger partial charge in [-0.2, -0.15) is 11.8 Å². The molecule has 0 aromatic heterocycles. The predicted octanol–water partition coefficient (Wildman–Crippen LogP) is 2.29. The van der Waals surface area contributed by atoms with Crippen molar-refractivity contribution in [2.75, 3.05) is 11.5 Å². The van der Waals surface area contributed by atoms with E-state index in [1.165, 1.54) is 18.6 Å². The Morgan fingerprint density at radius 3 is 2.40 bits per heavy atom. The normalized spacial score (nSPS) is 12.0. The summed E-state index contributed by atoms with van der Waals surface area (Å²) in [6.45, 7) is 5.89. The van der Waals surface area contributed by atoms with Gasteiger partial charge in [0, 0.05) is 5.75 Å². The Morgan fingerprint density at radius 1 is 1.40 bits per heavy atom. The topological polar surface area (TPSA) is 20.2 Å². The van der Waals surface area contributed by atoms with Crippen LogP contribution in [-0.2, 0) is 0 Å². The van der Waals surface area contributed by atoms with Crippen molar-refractivity contribution in [1.82, 2.24) is 0 Å². The number of aliphatic hydroxyl groups is 1. The summed E-state index contributed by atoms with van der Waals surface area (Å²) in [6.07, 6.45) is 2.51. The zero-order chi connectivity index (χ0) is 8.04. The molecule has 0 fully saturated rings. The highest BCUT2D eigenvalue weighted by atomic mass is 32.2. The summed E-state index contributed by atoms with van der Waals surface area (Å²) in [6, 6.07) is 0. The molecule has 1 nitrogen and oxygen atoms in total. The molecule has 0 aliphatic carbocycles. The number of hydrogen-bond acceptors (Lipinski definition) is 2. The monoisotopic (exact) mass is 162 g/mol. The van der Waals surface area contributed by atoms with Crippen LogP contribution in [0.3, 0.4) is 0 Å². The molecule has 0 heterocycles. The Hall–Kier alpha value is 0.310. The van der Waals surface area contributed by atoms with Crippen LogP contribution in [0.25, 0.3) is 0 Å². The van der Waals surface area contributed by atoms with Crippen molar-refractivity contribution in [3.63, 3.8) is 0 Å². The quantitative estimate of drug-likeness (QED) is 0.626. The van der Waals surface area contributed by atoms with Gasteiger partial charge < -0.3 is 5.11 Å². The zero-order valence-electron chi connectivity index (χ0n) is 7.18. The van der Waals surface area contributed by atoms with E-state index >= 15 is 0 Å². The van der Waals surface area contributed by atoms with Crippen molar-refractivity contribution >= 4 is 11.8 Å². The molecule has 0 spiro atoms. The van der Waals surface area contributed by atoms with E-state index in [2.05, 4.69) is 6.92 Å². The largest absolute Gasteiger partial charge is 0.390 e. The molecule has 0 amide bonds. The molecule has 2 heteroatoms. The smallest absolute Gasteiger partial charge is 0.0681 e. The molecule has 0 aliphatic rings. The van der Waals surface area contributed by atoms with E-state index in [9.17, 15) is 5.11 Å². The lowest BCUT2D eigenvalue weighted by atomic mass is 10.2. The van der Waals surface area contributed by atoms with Crippen LogP contribution < -0.4 is 0 Å². The maximum absolute atomic E-state index is 9.30. The van der Waals surface area contributed by atoms with E-state index < -0.39 is 5.60 Å². The molecule has 10 heavy (non-hydrogen) atoms. The average Bonchev–Trinajstić information content (AvgIpc) is 1.78. The summed E-state index contributed by atoms with van der Waals surface area (Å²) >= 11 is 1.83. The van der Waals surface area contributed by atoms with Gasteiger partial charge in [-0.15, -0.1) is 0 Å². The lowest BCUT2D eigenvalue weighted by Crippen LogP contribution is -2.21. The molecule has 0 aromatic carbocycles. The summed E-state index contributed by atoms with van der Waals surface area (Å²) in [5, 5.41) is 9.30. The van der Waals surface area contributed by atoms with E-state index in [1.54, 1.807) is 0 Å². The molecule has 0 bridgehead atoms. The summed E-state index contributed by atoms with van der Waals surface area (Å²) in [4.78, 5) is 0. The molecule has 62 valence electrons. The van der Waals surface area contributed by atoms with Crippen LogP contribution in [0.4, 0.5) is 0 Å². The Bertz CT molecular complexity index is 75.8. The minimum atomic E-state index is -0.488. The van der Waals surface area contributed by atoms with Gasteiger partial charge in [0.25, 0.3) is 0 Å². The first-order valence-corrected chi connectivity index (χ1v) is 5.02. The molecule has 0 radical (unpaired) electrons. The molecule has 0 aliphatic heterocycles. The zero-order valence-corrected chi connectivity index (χ0v) is 8.00. The fourth-order valence-corrected chi connectivity index (χ4v) is 1.71. The predicted molar refractivity (Wildman–Crippen MR) is 48.5 cm³/mol. The molecule has 0 unspecified atom stereocenters. The van der Waals surface area contributed by atoms with Crippen molar-refractivity contribution < 1.29 is 5.11 Å². The molecule has 0 atom stereocenters. The second kappa shape index (κ2) is 5.03. The lowest BCUT2D eigenvalue weighted by Gasteiger charge is -2.15. The van der Waals surface area contributed by atoms with E-state index in [0.29, 0.717) is 0 Å². The van der Waals surface area contributed by atoms with E-state index in [-0.39, 0.29) is 0 Å². The Balaban J connectivity index is 3.04. The summed E-state index contributed by atoms with van der Waals surface area (Å²) in [7, 11) is 0. The van der Waals surface area contributed by atoms with Gasteiger partial charge in [0.15, 0.2) is 0 Å². The molecule has 0 saturated carbocycles. The first-order chi connectivity index (χ1) is 4.56. The van der Waals surface area contributed by atoms with Gasteiger partial charge >= 0.3 is 0 Å². The van der Waals surface area contributed by atoms with Gasteiger partial charge in [-0.05, 0) is 26.0 Å². The number of hydrogen-bond donors (Lipinski definition) is 1. The number of rotatable bonds is 5. The van der Waals surface area contributed by atoms with Gasteiger partial charge in [0.1, 0.15) is 0 Å². The van der Waals surface area contributed by atoms with Gasteiger partial charge in [-0.3, -0.25) is 0 Å². The highest BCUT2D eigenvalue weighted by Gasteiger charge is 2.10. The Kier molecular flexibility index (Phi) is 5.18. The van der Waals surface area contributed by atoms with E-state index in [1.807, 2.05) is 25.6 Å². The standard InChI is InChI=1S/C8H18OS/c1-4-5-6-10-7-8(2,3)9/h9H,4-7H2,1-3H3. The summed E-state index contributed by atoms with van der Waals surface area (Å²) in [5.41, 5.74) is -0.488. The van der Waals surface area contributed by atoms with E-state index in [0.717, 1.165) is 5.75 Å².